The second-order valence-corrected chi connectivity index (χ2v) is 6.19. The van der Waals surface area contributed by atoms with Crippen molar-refractivity contribution >= 4 is 34.8 Å². The highest BCUT2D eigenvalue weighted by Crippen LogP contribution is 2.28. The van der Waals surface area contributed by atoms with Crippen LogP contribution in [0.4, 0.5) is 5.13 Å². The number of halogens is 1. The lowest BCUT2D eigenvalue weighted by Crippen LogP contribution is -2.43. The molecule has 138 valence electrons. The summed E-state index contributed by atoms with van der Waals surface area (Å²) in [7, 11) is 3.19. The van der Waals surface area contributed by atoms with Crippen LogP contribution in [0, 0.1) is 0 Å². The summed E-state index contributed by atoms with van der Waals surface area (Å²) in [5.41, 5.74) is 6.91. The number of thiazole rings is 1. The van der Waals surface area contributed by atoms with Gasteiger partial charge in [0.15, 0.2) is 5.13 Å². The number of hydrogen-bond donors (Lipinski definition) is 1. The fraction of sp³-hybridized carbons (Fsp3) is 0.412. The standard InChI is InChI=1S/C17H23N3O3S.ClH/c1-4-5-14(18)16(21)20(17-19-8-9-24-17)11-12-6-7-13(22-2)10-15(12)23-3;/h6-10,14H,4-5,11,18H2,1-3H3;1H. The Morgan fingerprint density at radius 2 is 2.12 bits per heavy atom. The van der Waals surface area contributed by atoms with Crippen LogP contribution in [-0.4, -0.2) is 31.2 Å². The highest BCUT2D eigenvalue weighted by molar-refractivity contribution is 7.13. The van der Waals surface area contributed by atoms with Gasteiger partial charge in [-0.15, -0.1) is 23.7 Å². The number of ether oxygens (including phenoxy) is 2. The maximum atomic E-state index is 12.8. The summed E-state index contributed by atoms with van der Waals surface area (Å²) in [6.07, 6.45) is 3.17. The van der Waals surface area contributed by atoms with Crippen LogP contribution in [-0.2, 0) is 11.3 Å². The molecule has 1 heterocycles. The van der Waals surface area contributed by atoms with E-state index >= 15 is 0 Å². The number of benzene rings is 1. The molecule has 2 N–H and O–H groups in total. The van der Waals surface area contributed by atoms with Crippen LogP contribution in [0.2, 0.25) is 0 Å². The minimum atomic E-state index is -0.539. The van der Waals surface area contributed by atoms with E-state index in [1.165, 1.54) is 11.3 Å². The molecule has 1 amide bonds. The predicted molar refractivity (Wildman–Crippen MR) is 103 cm³/mol. The number of hydrogen-bond acceptors (Lipinski definition) is 6. The van der Waals surface area contributed by atoms with Crippen molar-refractivity contribution in [3.8, 4) is 11.5 Å². The lowest BCUT2D eigenvalue weighted by Gasteiger charge is -2.24. The number of anilines is 1. The fourth-order valence-electron chi connectivity index (χ4n) is 2.38. The first-order valence-electron chi connectivity index (χ1n) is 7.78. The third-order valence-electron chi connectivity index (χ3n) is 3.66. The van der Waals surface area contributed by atoms with Crippen molar-refractivity contribution in [3.05, 3.63) is 35.3 Å². The van der Waals surface area contributed by atoms with Crippen LogP contribution in [0.25, 0.3) is 0 Å². The van der Waals surface area contributed by atoms with Crippen LogP contribution in [0.1, 0.15) is 25.3 Å². The summed E-state index contributed by atoms with van der Waals surface area (Å²) >= 11 is 1.41. The molecular formula is C17H24ClN3O3S. The first-order chi connectivity index (χ1) is 11.6. The number of nitrogens with two attached hydrogens (primary N) is 1. The number of carbonyl (C=O) groups is 1. The smallest absolute Gasteiger partial charge is 0.246 e. The van der Waals surface area contributed by atoms with Gasteiger partial charge in [0.05, 0.1) is 26.8 Å². The lowest BCUT2D eigenvalue weighted by atomic mass is 10.1. The van der Waals surface area contributed by atoms with Gasteiger partial charge in [-0.25, -0.2) is 4.98 Å². The average Bonchev–Trinajstić information content (AvgIpc) is 3.13. The predicted octanol–water partition coefficient (Wildman–Crippen LogP) is 3.24. The molecule has 0 aliphatic carbocycles. The molecule has 1 aromatic carbocycles. The highest BCUT2D eigenvalue weighted by Gasteiger charge is 2.25. The van der Waals surface area contributed by atoms with E-state index in [2.05, 4.69) is 4.98 Å². The maximum Gasteiger partial charge on any atom is 0.246 e. The molecule has 2 aromatic rings. The van der Waals surface area contributed by atoms with Gasteiger partial charge in [-0.3, -0.25) is 9.69 Å². The van der Waals surface area contributed by atoms with Gasteiger partial charge in [0.1, 0.15) is 11.5 Å². The molecule has 0 aliphatic heterocycles. The van der Waals surface area contributed by atoms with E-state index in [1.807, 2.05) is 24.4 Å². The quantitative estimate of drug-likeness (QED) is 0.754. The Morgan fingerprint density at radius 1 is 1.36 bits per heavy atom. The summed E-state index contributed by atoms with van der Waals surface area (Å²) in [5.74, 6) is 1.22. The van der Waals surface area contributed by atoms with Crippen molar-refractivity contribution < 1.29 is 14.3 Å². The first-order valence-corrected chi connectivity index (χ1v) is 8.66. The van der Waals surface area contributed by atoms with Gasteiger partial charge in [0.2, 0.25) is 5.91 Å². The van der Waals surface area contributed by atoms with E-state index < -0.39 is 6.04 Å². The summed E-state index contributed by atoms with van der Waals surface area (Å²) in [6, 6.07) is 4.99. The summed E-state index contributed by atoms with van der Waals surface area (Å²) in [6.45, 7) is 2.35. The van der Waals surface area contributed by atoms with Crippen molar-refractivity contribution in [2.45, 2.75) is 32.4 Å². The van der Waals surface area contributed by atoms with Gasteiger partial charge in [0.25, 0.3) is 0 Å². The van der Waals surface area contributed by atoms with Crippen molar-refractivity contribution in [2.24, 2.45) is 5.73 Å². The van der Waals surface area contributed by atoms with Crippen molar-refractivity contribution in [3.63, 3.8) is 0 Å². The molecule has 1 aromatic heterocycles. The number of methoxy groups -OCH3 is 2. The van der Waals surface area contributed by atoms with Gasteiger partial charge < -0.3 is 15.2 Å². The molecule has 25 heavy (non-hydrogen) atoms. The minimum Gasteiger partial charge on any atom is -0.497 e. The van der Waals surface area contributed by atoms with Gasteiger partial charge in [0, 0.05) is 23.2 Å². The molecule has 0 spiro atoms. The van der Waals surface area contributed by atoms with Crippen LogP contribution in [0.3, 0.4) is 0 Å². The first kappa shape index (κ1) is 21.2. The Hall–Kier alpha value is -1.83. The number of rotatable bonds is 8. The van der Waals surface area contributed by atoms with Crippen LogP contribution >= 0.6 is 23.7 Å². The number of amides is 1. The van der Waals surface area contributed by atoms with Crippen LogP contribution in [0.15, 0.2) is 29.8 Å². The molecular weight excluding hydrogens is 362 g/mol. The third kappa shape index (κ3) is 5.32. The summed E-state index contributed by atoms with van der Waals surface area (Å²) < 4.78 is 10.6. The van der Waals surface area contributed by atoms with E-state index in [-0.39, 0.29) is 18.3 Å². The van der Waals surface area contributed by atoms with Crippen LogP contribution < -0.4 is 20.1 Å². The van der Waals surface area contributed by atoms with Crippen LogP contribution in [0.5, 0.6) is 11.5 Å². The maximum absolute atomic E-state index is 12.8. The second-order valence-electron chi connectivity index (χ2n) is 5.31. The van der Waals surface area contributed by atoms with E-state index in [9.17, 15) is 4.79 Å². The monoisotopic (exact) mass is 385 g/mol. The van der Waals surface area contributed by atoms with E-state index in [0.29, 0.717) is 29.6 Å². The molecule has 8 heteroatoms. The van der Waals surface area contributed by atoms with E-state index in [1.54, 1.807) is 31.4 Å². The highest BCUT2D eigenvalue weighted by atomic mass is 35.5. The van der Waals surface area contributed by atoms with E-state index in [0.717, 1.165) is 12.0 Å². The normalized spacial score (nSPS) is 11.4. The van der Waals surface area contributed by atoms with Crippen molar-refractivity contribution in [1.29, 1.82) is 0 Å². The van der Waals surface area contributed by atoms with Crippen molar-refractivity contribution in [1.82, 2.24) is 4.98 Å². The Bertz CT molecular complexity index is 667. The van der Waals surface area contributed by atoms with E-state index in [4.69, 9.17) is 15.2 Å². The summed E-state index contributed by atoms with van der Waals surface area (Å²) in [4.78, 5) is 18.6. The Balaban J connectivity index is 0.00000312. The Kier molecular flexibility index (Phi) is 8.68. The molecule has 0 fully saturated rings. The lowest BCUT2D eigenvalue weighted by molar-refractivity contribution is -0.120. The molecule has 2 rings (SSSR count). The summed E-state index contributed by atoms with van der Waals surface area (Å²) in [5, 5.41) is 2.47. The zero-order valence-corrected chi connectivity index (χ0v) is 16.2. The molecule has 1 atom stereocenters. The Labute approximate surface area is 158 Å². The van der Waals surface area contributed by atoms with Gasteiger partial charge in [-0.1, -0.05) is 13.3 Å². The molecule has 0 radical (unpaired) electrons. The largest absolute Gasteiger partial charge is 0.497 e. The second kappa shape index (κ2) is 10.2. The molecule has 0 saturated carbocycles. The van der Waals surface area contributed by atoms with Crippen molar-refractivity contribution in [2.75, 3.05) is 19.1 Å². The van der Waals surface area contributed by atoms with Gasteiger partial charge in [-0.2, -0.15) is 0 Å². The molecule has 0 bridgehead atoms. The fourth-order valence-corrected chi connectivity index (χ4v) is 3.02. The SMILES string of the molecule is CCCC(N)C(=O)N(Cc1ccc(OC)cc1OC)c1nccs1.Cl. The zero-order valence-electron chi connectivity index (χ0n) is 14.6. The third-order valence-corrected chi connectivity index (χ3v) is 4.45. The van der Waals surface area contributed by atoms with Gasteiger partial charge >= 0.3 is 0 Å². The Morgan fingerprint density at radius 3 is 2.68 bits per heavy atom. The average molecular weight is 386 g/mol. The number of nitrogens with zero attached hydrogens (tertiary/aromatic N) is 2. The number of carbonyl (C=O) groups excluding carboxylic acids is 1. The molecule has 1 unspecified atom stereocenters. The zero-order chi connectivity index (χ0) is 17.5. The number of aromatic nitrogens is 1. The minimum absolute atomic E-state index is 0. The molecule has 6 nitrogen and oxygen atoms in total. The molecule has 0 aliphatic rings. The van der Waals surface area contributed by atoms with Gasteiger partial charge in [-0.05, 0) is 18.6 Å². The topological polar surface area (TPSA) is 77.7 Å². The molecule has 0 saturated heterocycles.